The topological polar surface area (TPSA) is 91.5 Å². The number of carbonyl (C=O) groups is 1. The molecule has 3 rings (SSSR count). The third-order valence-corrected chi connectivity index (χ3v) is 3.95. The van der Waals surface area contributed by atoms with Crippen LogP contribution in [-0.2, 0) is 6.54 Å². The molecule has 3 aromatic rings. The Morgan fingerprint density at radius 3 is 2.38 bits per heavy atom. The lowest BCUT2D eigenvalue weighted by Crippen LogP contribution is -2.28. The predicted octanol–water partition coefficient (Wildman–Crippen LogP) is 2.27. The molecule has 2 aromatic carbocycles. The molecule has 1 aromatic heterocycles. The Balaban J connectivity index is 1.99. The van der Waals surface area contributed by atoms with Crippen molar-refractivity contribution in [2.45, 2.75) is 13.5 Å². The van der Waals surface area contributed by atoms with Gasteiger partial charge in [-0.3, -0.25) is 0 Å². The highest BCUT2D eigenvalue weighted by atomic mass is 16.4. The Hall–Kier alpha value is -3.19. The number of anilines is 1. The molecule has 0 aliphatic carbocycles. The summed E-state index contributed by atoms with van der Waals surface area (Å²) in [6.07, 6.45) is 0. The van der Waals surface area contributed by atoms with Crippen LogP contribution in [0.25, 0.3) is 5.69 Å². The Morgan fingerprint density at radius 1 is 1.08 bits per heavy atom. The van der Waals surface area contributed by atoms with Crippen LogP contribution in [0.5, 0.6) is 0 Å². The molecule has 2 N–H and O–H groups in total. The van der Waals surface area contributed by atoms with E-state index in [1.807, 2.05) is 61.5 Å². The van der Waals surface area contributed by atoms with E-state index in [4.69, 9.17) is 0 Å². The Kier molecular flexibility index (Phi) is 5.28. The third kappa shape index (κ3) is 3.89. The van der Waals surface area contributed by atoms with E-state index in [1.54, 1.807) is 4.90 Å². The molecule has 0 radical (unpaired) electrons. The molecule has 0 aliphatic heterocycles. The second-order valence-electron chi connectivity index (χ2n) is 5.93. The molecule has 0 unspecified atom stereocenters. The van der Waals surface area contributed by atoms with Crippen LogP contribution in [0.15, 0.2) is 54.6 Å². The number of aromatic carboxylic acids is 1. The van der Waals surface area contributed by atoms with Crippen molar-refractivity contribution in [2.24, 2.45) is 0 Å². The highest BCUT2D eigenvalue weighted by Gasteiger charge is 2.23. The molecule has 0 spiro atoms. The van der Waals surface area contributed by atoms with Crippen molar-refractivity contribution in [1.29, 1.82) is 0 Å². The first-order valence-corrected chi connectivity index (χ1v) is 8.26. The normalized spacial score (nSPS) is 10.7. The summed E-state index contributed by atoms with van der Waals surface area (Å²) in [6.45, 7) is 2.52. The van der Waals surface area contributed by atoms with Gasteiger partial charge in [0, 0.05) is 13.1 Å². The van der Waals surface area contributed by atoms with Gasteiger partial charge in [0.15, 0.2) is 5.82 Å². The molecule has 0 atom stereocenters. The smallest absolute Gasteiger partial charge is 0.360 e. The molecule has 0 saturated heterocycles. The van der Waals surface area contributed by atoms with Crippen molar-refractivity contribution in [1.82, 2.24) is 15.0 Å². The van der Waals surface area contributed by atoms with E-state index in [0.717, 1.165) is 11.1 Å². The molecule has 0 amide bonds. The second-order valence-corrected chi connectivity index (χ2v) is 5.93. The van der Waals surface area contributed by atoms with Crippen molar-refractivity contribution in [3.63, 3.8) is 0 Å². The SMILES string of the molecule is Cc1ccc(-n2nc(C(=O)O)c(N(CCO)Cc3ccccc3)n2)cc1. The minimum absolute atomic E-state index is 0.122. The van der Waals surface area contributed by atoms with Crippen molar-refractivity contribution < 1.29 is 15.0 Å². The average molecular weight is 352 g/mol. The summed E-state index contributed by atoms with van der Waals surface area (Å²) in [5.41, 5.74) is 2.61. The molecular formula is C19H20N4O3. The van der Waals surface area contributed by atoms with E-state index in [2.05, 4.69) is 10.2 Å². The standard InChI is InChI=1S/C19H20N4O3/c1-14-7-9-16(10-8-14)23-20-17(19(25)26)18(21-23)22(11-12-24)13-15-5-3-2-4-6-15/h2-10,24H,11-13H2,1H3,(H,25,26). The van der Waals surface area contributed by atoms with Gasteiger partial charge >= 0.3 is 5.97 Å². The highest BCUT2D eigenvalue weighted by molar-refractivity contribution is 5.91. The number of hydrogen-bond acceptors (Lipinski definition) is 5. The van der Waals surface area contributed by atoms with Crippen molar-refractivity contribution in [3.8, 4) is 5.69 Å². The Morgan fingerprint density at radius 2 is 1.77 bits per heavy atom. The summed E-state index contributed by atoms with van der Waals surface area (Å²) in [5.74, 6) is -0.926. The van der Waals surface area contributed by atoms with Crippen molar-refractivity contribution >= 4 is 11.8 Å². The first-order chi connectivity index (χ1) is 12.6. The van der Waals surface area contributed by atoms with Crippen molar-refractivity contribution in [3.05, 3.63) is 71.4 Å². The molecule has 7 nitrogen and oxygen atoms in total. The van der Waals surface area contributed by atoms with Gasteiger partial charge in [-0.2, -0.15) is 0 Å². The number of nitrogens with zero attached hydrogens (tertiary/aromatic N) is 4. The first-order valence-electron chi connectivity index (χ1n) is 8.26. The molecule has 0 saturated carbocycles. The Labute approximate surface area is 151 Å². The first kappa shape index (κ1) is 17.6. The zero-order valence-electron chi connectivity index (χ0n) is 14.4. The molecule has 1 heterocycles. The van der Waals surface area contributed by atoms with Crippen LogP contribution in [0.1, 0.15) is 21.6 Å². The van der Waals surface area contributed by atoms with Crippen LogP contribution in [0.2, 0.25) is 0 Å². The lowest BCUT2D eigenvalue weighted by Gasteiger charge is -2.21. The summed E-state index contributed by atoms with van der Waals surface area (Å²) in [6, 6.07) is 17.1. The number of aromatic nitrogens is 3. The van der Waals surface area contributed by atoms with E-state index < -0.39 is 5.97 Å². The number of aliphatic hydroxyl groups excluding tert-OH is 1. The molecule has 26 heavy (non-hydrogen) atoms. The minimum Gasteiger partial charge on any atom is -0.476 e. The van der Waals surface area contributed by atoms with Crippen LogP contribution in [0, 0.1) is 6.92 Å². The quantitative estimate of drug-likeness (QED) is 0.678. The van der Waals surface area contributed by atoms with E-state index in [-0.39, 0.29) is 24.7 Å². The van der Waals surface area contributed by atoms with Gasteiger partial charge in [0.05, 0.1) is 12.3 Å². The number of hydrogen-bond donors (Lipinski definition) is 2. The van der Waals surface area contributed by atoms with Crippen LogP contribution in [0.3, 0.4) is 0 Å². The van der Waals surface area contributed by atoms with E-state index in [9.17, 15) is 15.0 Å². The van der Waals surface area contributed by atoms with E-state index in [0.29, 0.717) is 12.2 Å². The van der Waals surface area contributed by atoms with Gasteiger partial charge in [-0.25, -0.2) is 4.79 Å². The third-order valence-electron chi connectivity index (χ3n) is 3.95. The van der Waals surface area contributed by atoms with Gasteiger partial charge in [-0.05, 0) is 24.6 Å². The second kappa shape index (κ2) is 7.79. The van der Waals surface area contributed by atoms with Gasteiger partial charge in [0.1, 0.15) is 0 Å². The molecule has 134 valence electrons. The fourth-order valence-electron chi connectivity index (χ4n) is 2.63. The van der Waals surface area contributed by atoms with Crippen LogP contribution in [0.4, 0.5) is 5.82 Å². The van der Waals surface area contributed by atoms with Crippen LogP contribution < -0.4 is 4.90 Å². The van der Waals surface area contributed by atoms with E-state index >= 15 is 0 Å². The maximum Gasteiger partial charge on any atom is 0.360 e. The van der Waals surface area contributed by atoms with Gasteiger partial charge in [0.25, 0.3) is 0 Å². The summed E-state index contributed by atoms with van der Waals surface area (Å²) in [4.78, 5) is 14.7. The fraction of sp³-hybridized carbons (Fsp3) is 0.211. The highest BCUT2D eigenvalue weighted by Crippen LogP contribution is 2.20. The van der Waals surface area contributed by atoms with Gasteiger partial charge < -0.3 is 15.1 Å². The number of aryl methyl sites for hydroxylation is 1. The van der Waals surface area contributed by atoms with E-state index in [1.165, 1.54) is 4.80 Å². The molecule has 0 fully saturated rings. The van der Waals surface area contributed by atoms with Crippen molar-refractivity contribution in [2.75, 3.05) is 18.1 Å². The van der Waals surface area contributed by atoms with Gasteiger partial charge in [0.2, 0.25) is 5.69 Å². The van der Waals surface area contributed by atoms with Crippen LogP contribution >= 0.6 is 0 Å². The largest absolute Gasteiger partial charge is 0.476 e. The molecular weight excluding hydrogens is 332 g/mol. The fourth-order valence-corrected chi connectivity index (χ4v) is 2.63. The molecule has 0 bridgehead atoms. The minimum atomic E-state index is -1.16. The number of rotatable bonds is 7. The number of carboxylic acids is 1. The number of benzene rings is 2. The Bertz CT molecular complexity index is 876. The summed E-state index contributed by atoms with van der Waals surface area (Å²) in [7, 11) is 0. The lowest BCUT2D eigenvalue weighted by molar-refractivity contribution is 0.0690. The number of aliphatic hydroxyl groups is 1. The number of carboxylic acid groups (broad SMARTS) is 1. The van der Waals surface area contributed by atoms with Gasteiger partial charge in [-0.1, -0.05) is 48.0 Å². The molecule has 7 heteroatoms. The van der Waals surface area contributed by atoms with Crippen LogP contribution in [-0.4, -0.2) is 44.3 Å². The monoisotopic (exact) mass is 352 g/mol. The summed E-state index contributed by atoms with van der Waals surface area (Å²) >= 11 is 0. The summed E-state index contributed by atoms with van der Waals surface area (Å²) < 4.78 is 0. The lowest BCUT2D eigenvalue weighted by atomic mass is 10.2. The molecule has 0 aliphatic rings. The van der Waals surface area contributed by atoms with Gasteiger partial charge in [-0.15, -0.1) is 15.0 Å². The maximum absolute atomic E-state index is 11.7. The summed E-state index contributed by atoms with van der Waals surface area (Å²) in [5, 5.41) is 27.5. The zero-order chi connectivity index (χ0) is 18.5. The average Bonchev–Trinajstić information content (AvgIpc) is 3.08. The zero-order valence-corrected chi connectivity index (χ0v) is 14.4. The maximum atomic E-state index is 11.7. The predicted molar refractivity (Wildman–Crippen MR) is 97.6 cm³/mol.